The molecule has 0 aliphatic carbocycles. The molecule has 2 nitrogen and oxygen atoms in total. The molecule has 0 amide bonds. The predicted molar refractivity (Wildman–Crippen MR) is 67.7 cm³/mol. The van der Waals surface area contributed by atoms with Gasteiger partial charge in [0, 0.05) is 0 Å². The molecular formula is C14H12F2O2S. The van der Waals surface area contributed by atoms with Crippen LogP contribution in [-0.4, -0.2) is 8.42 Å². The van der Waals surface area contributed by atoms with E-state index in [1.54, 1.807) is 18.2 Å². The average molecular weight is 282 g/mol. The van der Waals surface area contributed by atoms with Gasteiger partial charge in [0.25, 0.3) is 0 Å². The van der Waals surface area contributed by atoms with Gasteiger partial charge in [-0.2, -0.15) is 0 Å². The molecule has 2 aromatic rings. The molecule has 0 saturated carbocycles. The fourth-order valence-electron chi connectivity index (χ4n) is 1.82. The highest BCUT2D eigenvalue weighted by molar-refractivity contribution is 7.91. The van der Waals surface area contributed by atoms with Crippen molar-refractivity contribution in [3.63, 3.8) is 0 Å². The molecule has 0 fully saturated rings. The van der Waals surface area contributed by atoms with Crippen LogP contribution in [0.15, 0.2) is 46.2 Å². The van der Waals surface area contributed by atoms with Crippen molar-refractivity contribution >= 4 is 9.84 Å². The van der Waals surface area contributed by atoms with Gasteiger partial charge in [0.2, 0.25) is 9.84 Å². The molecule has 0 aromatic heterocycles. The third-order valence-corrected chi connectivity index (χ3v) is 4.97. The Morgan fingerprint density at radius 3 is 2.11 bits per heavy atom. The summed E-state index contributed by atoms with van der Waals surface area (Å²) in [5, 5.41) is 0. The van der Waals surface area contributed by atoms with E-state index >= 15 is 0 Å². The zero-order valence-corrected chi connectivity index (χ0v) is 11.3. The second kappa shape index (κ2) is 4.74. The molecule has 0 radical (unpaired) electrons. The van der Waals surface area contributed by atoms with E-state index in [9.17, 15) is 17.2 Å². The molecular weight excluding hydrogens is 270 g/mol. The van der Waals surface area contributed by atoms with Crippen LogP contribution in [0.4, 0.5) is 8.78 Å². The minimum atomic E-state index is -3.84. The molecule has 0 unspecified atom stereocenters. The lowest BCUT2D eigenvalue weighted by Gasteiger charge is -2.11. The van der Waals surface area contributed by atoms with Gasteiger partial charge >= 0.3 is 0 Å². The van der Waals surface area contributed by atoms with Crippen molar-refractivity contribution in [3.05, 3.63) is 59.2 Å². The molecule has 0 aliphatic heterocycles. The predicted octanol–water partition coefficient (Wildman–Crippen LogP) is 3.41. The lowest BCUT2D eigenvalue weighted by atomic mass is 10.1. The third kappa shape index (κ3) is 2.26. The average Bonchev–Trinajstić information content (AvgIpc) is 2.41. The lowest BCUT2D eigenvalue weighted by Crippen LogP contribution is -2.07. The Morgan fingerprint density at radius 1 is 0.947 bits per heavy atom. The van der Waals surface area contributed by atoms with Crippen LogP contribution in [0, 0.1) is 25.5 Å². The molecule has 0 bridgehead atoms. The maximum absolute atomic E-state index is 13.4. The summed E-state index contributed by atoms with van der Waals surface area (Å²) >= 11 is 0. The van der Waals surface area contributed by atoms with Gasteiger partial charge in [-0.15, -0.1) is 0 Å². The largest absolute Gasteiger partial charge is 0.219 e. The van der Waals surface area contributed by atoms with Crippen molar-refractivity contribution in [3.8, 4) is 0 Å². The lowest BCUT2D eigenvalue weighted by molar-refractivity contribution is 0.497. The van der Waals surface area contributed by atoms with Crippen molar-refractivity contribution in [1.29, 1.82) is 0 Å². The minimum absolute atomic E-state index is 0.00880. The van der Waals surface area contributed by atoms with E-state index in [-0.39, 0.29) is 20.9 Å². The van der Waals surface area contributed by atoms with Crippen LogP contribution in [0.3, 0.4) is 0 Å². The smallest absolute Gasteiger partial charge is 0.206 e. The quantitative estimate of drug-likeness (QED) is 0.791. The molecule has 0 atom stereocenters. The highest BCUT2D eigenvalue weighted by Crippen LogP contribution is 2.28. The van der Waals surface area contributed by atoms with Crippen molar-refractivity contribution in [2.75, 3.05) is 0 Å². The summed E-state index contributed by atoms with van der Waals surface area (Å²) in [6.45, 7) is 2.82. The zero-order chi connectivity index (χ0) is 14.2. The van der Waals surface area contributed by atoms with Gasteiger partial charge in [-0.1, -0.05) is 18.2 Å². The molecule has 0 N–H and O–H groups in total. The van der Waals surface area contributed by atoms with E-state index in [1.807, 2.05) is 0 Å². The zero-order valence-electron chi connectivity index (χ0n) is 10.4. The summed E-state index contributed by atoms with van der Waals surface area (Å²) in [7, 11) is -3.84. The Balaban J connectivity index is 2.73. The number of hydrogen-bond donors (Lipinski definition) is 0. The fourth-order valence-corrected chi connectivity index (χ4v) is 3.41. The first-order chi connectivity index (χ1) is 8.85. The molecule has 0 heterocycles. The Bertz CT molecular complexity index is 723. The number of sulfone groups is 1. The molecule has 2 rings (SSSR count). The number of benzene rings is 2. The third-order valence-electron chi connectivity index (χ3n) is 3.07. The second-order valence-electron chi connectivity index (χ2n) is 4.24. The number of hydrogen-bond acceptors (Lipinski definition) is 2. The van der Waals surface area contributed by atoms with Gasteiger partial charge in [-0.25, -0.2) is 17.2 Å². The summed E-state index contributed by atoms with van der Waals surface area (Å²) in [6, 6.07) is 8.42. The van der Waals surface area contributed by atoms with Crippen LogP contribution >= 0.6 is 0 Å². The van der Waals surface area contributed by atoms with E-state index in [2.05, 4.69) is 0 Å². The first-order valence-electron chi connectivity index (χ1n) is 5.61. The maximum atomic E-state index is 13.4. The van der Waals surface area contributed by atoms with Crippen LogP contribution < -0.4 is 0 Å². The molecule has 0 saturated heterocycles. The van der Waals surface area contributed by atoms with E-state index in [0.29, 0.717) is 0 Å². The highest BCUT2D eigenvalue weighted by atomic mass is 32.2. The molecule has 0 spiro atoms. The molecule has 100 valence electrons. The normalized spacial score (nSPS) is 11.6. The van der Waals surface area contributed by atoms with Crippen LogP contribution in [0.5, 0.6) is 0 Å². The van der Waals surface area contributed by atoms with Crippen LogP contribution in [0.2, 0.25) is 0 Å². The SMILES string of the molecule is Cc1c(S(=O)(=O)c2ccccc2)cc(F)c(F)c1C. The fraction of sp³-hybridized carbons (Fsp3) is 0.143. The standard InChI is InChI=1S/C14H12F2O2S/c1-9-10(2)14(16)12(15)8-13(9)19(17,18)11-6-4-3-5-7-11/h3-8H,1-2H3. The van der Waals surface area contributed by atoms with Gasteiger partial charge in [0.05, 0.1) is 9.79 Å². The van der Waals surface area contributed by atoms with Crippen molar-refractivity contribution < 1.29 is 17.2 Å². The Morgan fingerprint density at radius 2 is 1.53 bits per heavy atom. The van der Waals surface area contributed by atoms with E-state index < -0.39 is 21.5 Å². The summed E-state index contributed by atoms with van der Waals surface area (Å²) < 4.78 is 51.6. The van der Waals surface area contributed by atoms with Gasteiger partial charge < -0.3 is 0 Å². The van der Waals surface area contributed by atoms with Crippen molar-refractivity contribution in [2.24, 2.45) is 0 Å². The Labute approximate surface area is 110 Å². The summed E-state index contributed by atoms with van der Waals surface area (Å²) in [6.07, 6.45) is 0. The second-order valence-corrected chi connectivity index (χ2v) is 6.16. The Hall–Kier alpha value is -1.75. The van der Waals surface area contributed by atoms with Crippen molar-refractivity contribution in [1.82, 2.24) is 0 Å². The van der Waals surface area contributed by atoms with E-state index in [0.717, 1.165) is 6.07 Å². The van der Waals surface area contributed by atoms with Gasteiger partial charge in [-0.3, -0.25) is 0 Å². The van der Waals surface area contributed by atoms with Crippen molar-refractivity contribution in [2.45, 2.75) is 23.6 Å². The minimum Gasteiger partial charge on any atom is -0.219 e. The monoisotopic (exact) mass is 282 g/mol. The molecule has 0 aliphatic rings. The van der Waals surface area contributed by atoms with Gasteiger partial charge in [-0.05, 0) is 43.2 Å². The molecule has 2 aromatic carbocycles. The Kier molecular flexibility index (Phi) is 3.41. The van der Waals surface area contributed by atoms with Crippen LogP contribution in [0.25, 0.3) is 0 Å². The summed E-state index contributed by atoms with van der Waals surface area (Å²) in [5.41, 5.74) is 0.234. The summed E-state index contributed by atoms with van der Waals surface area (Å²) in [4.78, 5) is -0.140. The maximum Gasteiger partial charge on any atom is 0.206 e. The number of rotatable bonds is 2. The molecule has 19 heavy (non-hydrogen) atoms. The number of halogens is 2. The van der Waals surface area contributed by atoms with E-state index in [4.69, 9.17) is 0 Å². The summed E-state index contributed by atoms with van der Waals surface area (Å²) in [5.74, 6) is -2.16. The topological polar surface area (TPSA) is 34.1 Å². The van der Waals surface area contributed by atoms with E-state index in [1.165, 1.54) is 26.0 Å². The van der Waals surface area contributed by atoms with Gasteiger partial charge in [0.15, 0.2) is 11.6 Å². The van der Waals surface area contributed by atoms with Gasteiger partial charge in [0.1, 0.15) is 0 Å². The first-order valence-corrected chi connectivity index (χ1v) is 7.09. The highest BCUT2D eigenvalue weighted by Gasteiger charge is 2.23. The van der Waals surface area contributed by atoms with Crippen LogP contribution in [0.1, 0.15) is 11.1 Å². The van der Waals surface area contributed by atoms with Crippen LogP contribution in [-0.2, 0) is 9.84 Å². The molecule has 5 heteroatoms. The first kappa shape index (κ1) is 13.7.